The fourth-order valence-electron chi connectivity index (χ4n) is 1.62. The number of nitrogens with zero attached hydrogens (tertiary/aromatic N) is 2. The highest BCUT2D eigenvalue weighted by Gasteiger charge is 2.13. The van der Waals surface area contributed by atoms with Crippen LogP contribution >= 0.6 is 11.6 Å². The molecule has 1 unspecified atom stereocenters. The molecule has 0 saturated carbocycles. The van der Waals surface area contributed by atoms with Crippen molar-refractivity contribution in [2.75, 3.05) is 0 Å². The molecule has 6 heteroatoms. The van der Waals surface area contributed by atoms with Crippen LogP contribution in [0.2, 0.25) is 5.02 Å². The molecule has 0 aliphatic rings. The highest BCUT2D eigenvalue weighted by molar-refractivity contribution is 6.30. The number of hydrogen-bond acceptors (Lipinski definition) is 4. The molecule has 0 bridgehead atoms. The van der Waals surface area contributed by atoms with Gasteiger partial charge in [0.2, 0.25) is 0 Å². The van der Waals surface area contributed by atoms with Crippen molar-refractivity contribution in [3.05, 3.63) is 58.9 Å². The van der Waals surface area contributed by atoms with Gasteiger partial charge in [-0.15, -0.1) is 0 Å². The van der Waals surface area contributed by atoms with Crippen LogP contribution in [0.1, 0.15) is 17.4 Å². The van der Waals surface area contributed by atoms with Crippen LogP contribution in [0.15, 0.2) is 36.7 Å². The molecular weight excluding hydrogens is 255 g/mol. The molecule has 1 aromatic carbocycles. The number of hydrogen-bond donors (Lipinski definition) is 2. The van der Waals surface area contributed by atoms with Gasteiger partial charge < -0.3 is 0 Å². The van der Waals surface area contributed by atoms with Crippen molar-refractivity contribution in [1.82, 2.24) is 15.4 Å². The van der Waals surface area contributed by atoms with Gasteiger partial charge in [-0.05, 0) is 30.2 Å². The second-order valence-corrected chi connectivity index (χ2v) is 4.19. The average molecular weight is 267 g/mol. The second-order valence-electron chi connectivity index (χ2n) is 3.78. The van der Waals surface area contributed by atoms with E-state index in [4.69, 9.17) is 17.4 Å². The summed E-state index contributed by atoms with van der Waals surface area (Å²) in [7, 11) is 0. The summed E-state index contributed by atoms with van der Waals surface area (Å²) in [4.78, 5) is 8.25. The van der Waals surface area contributed by atoms with Crippen molar-refractivity contribution in [2.45, 2.75) is 12.5 Å². The molecule has 0 aliphatic heterocycles. The number of halogens is 2. The fraction of sp³-hybridized carbons (Fsp3) is 0.167. The standard InChI is InChI=1S/C12H12ClFN4/c13-9-6-8(2-3-10(9)14)7-11(18-15)12-16-4-1-5-17-12/h1-6,11,18H,7,15H2. The zero-order chi connectivity index (χ0) is 13.0. The third-order valence-electron chi connectivity index (χ3n) is 2.52. The lowest BCUT2D eigenvalue weighted by Crippen LogP contribution is -2.30. The first-order valence-corrected chi connectivity index (χ1v) is 5.75. The van der Waals surface area contributed by atoms with Crippen LogP contribution in [0, 0.1) is 5.82 Å². The first kappa shape index (κ1) is 12.9. The molecule has 2 rings (SSSR count). The Morgan fingerprint density at radius 2 is 2.06 bits per heavy atom. The van der Waals surface area contributed by atoms with Crippen LogP contribution in [0.4, 0.5) is 4.39 Å². The van der Waals surface area contributed by atoms with E-state index < -0.39 is 5.82 Å². The molecule has 18 heavy (non-hydrogen) atoms. The molecule has 0 saturated heterocycles. The average Bonchev–Trinajstić information content (AvgIpc) is 2.41. The highest BCUT2D eigenvalue weighted by Crippen LogP contribution is 2.20. The smallest absolute Gasteiger partial charge is 0.146 e. The molecule has 0 amide bonds. The van der Waals surface area contributed by atoms with Crippen molar-refractivity contribution >= 4 is 11.6 Å². The molecule has 1 heterocycles. The van der Waals surface area contributed by atoms with Gasteiger partial charge in [-0.3, -0.25) is 5.84 Å². The Labute approximate surface area is 109 Å². The lowest BCUT2D eigenvalue weighted by Gasteiger charge is -2.14. The van der Waals surface area contributed by atoms with Crippen LogP contribution in [-0.2, 0) is 6.42 Å². The van der Waals surface area contributed by atoms with E-state index in [2.05, 4.69) is 15.4 Å². The molecule has 0 spiro atoms. The van der Waals surface area contributed by atoms with Crippen LogP contribution in [-0.4, -0.2) is 9.97 Å². The van der Waals surface area contributed by atoms with Crippen molar-refractivity contribution in [3.63, 3.8) is 0 Å². The molecule has 1 atom stereocenters. The maximum atomic E-state index is 13.0. The summed E-state index contributed by atoms with van der Waals surface area (Å²) in [6.45, 7) is 0. The molecule has 2 aromatic rings. The summed E-state index contributed by atoms with van der Waals surface area (Å²) in [5.74, 6) is 5.63. The predicted octanol–water partition coefficient (Wildman–Crippen LogP) is 2.02. The third kappa shape index (κ3) is 3.01. The van der Waals surface area contributed by atoms with E-state index in [1.54, 1.807) is 30.6 Å². The van der Waals surface area contributed by atoms with Crippen molar-refractivity contribution < 1.29 is 4.39 Å². The number of nitrogens with one attached hydrogen (secondary N) is 1. The van der Waals surface area contributed by atoms with E-state index in [1.165, 1.54) is 6.07 Å². The normalized spacial score (nSPS) is 12.4. The van der Waals surface area contributed by atoms with Gasteiger partial charge in [-0.25, -0.2) is 19.8 Å². The SMILES string of the molecule is NNC(Cc1ccc(F)c(Cl)c1)c1ncccn1. The number of aromatic nitrogens is 2. The summed E-state index contributed by atoms with van der Waals surface area (Å²) in [5, 5.41) is 0.0947. The van der Waals surface area contributed by atoms with E-state index in [1.807, 2.05) is 0 Å². The molecule has 0 radical (unpaired) electrons. The quantitative estimate of drug-likeness (QED) is 0.656. The maximum Gasteiger partial charge on any atom is 0.146 e. The zero-order valence-corrected chi connectivity index (χ0v) is 10.2. The second kappa shape index (κ2) is 5.86. The van der Waals surface area contributed by atoms with E-state index in [9.17, 15) is 4.39 Å². The number of rotatable bonds is 4. The van der Waals surface area contributed by atoms with Crippen LogP contribution in [0.3, 0.4) is 0 Å². The minimum atomic E-state index is -0.436. The van der Waals surface area contributed by atoms with Gasteiger partial charge in [0.1, 0.15) is 11.6 Å². The Kier molecular flexibility index (Phi) is 4.19. The fourth-order valence-corrected chi connectivity index (χ4v) is 1.82. The van der Waals surface area contributed by atoms with E-state index in [0.717, 1.165) is 5.56 Å². The zero-order valence-electron chi connectivity index (χ0n) is 9.48. The monoisotopic (exact) mass is 266 g/mol. The lowest BCUT2D eigenvalue weighted by molar-refractivity contribution is 0.522. The molecule has 3 N–H and O–H groups in total. The van der Waals surface area contributed by atoms with Crippen molar-refractivity contribution in [3.8, 4) is 0 Å². The third-order valence-corrected chi connectivity index (χ3v) is 2.81. The van der Waals surface area contributed by atoms with Gasteiger partial charge >= 0.3 is 0 Å². The summed E-state index contributed by atoms with van der Waals surface area (Å²) >= 11 is 5.73. The Morgan fingerprint density at radius 1 is 1.33 bits per heavy atom. The highest BCUT2D eigenvalue weighted by atomic mass is 35.5. The molecule has 0 fully saturated rings. The van der Waals surface area contributed by atoms with Crippen LogP contribution in [0.25, 0.3) is 0 Å². The minimum Gasteiger partial charge on any atom is -0.271 e. The number of nitrogens with two attached hydrogens (primary N) is 1. The number of benzene rings is 1. The van der Waals surface area contributed by atoms with Crippen molar-refractivity contribution in [1.29, 1.82) is 0 Å². The summed E-state index contributed by atoms with van der Waals surface area (Å²) in [6, 6.07) is 6.05. The van der Waals surface area contributed by atoms with E-state index >= 15 is 0 Å². The maximum absolute atomic E-state index is 13.0. The van der Waals surface area contributed by atoms with Crippen LogP contribution < -0.4 is 11.3 Å². The Morgan fingerprint density at radius 3 is 2.67 bits per heavy atom. The van der Waals surface area contributed by atoms with Gasteiger partial charge in [0.05, 0.1) is 11.1 Å². The van der Waals surface area contributed by atoms with Gasteiger partial charge in [0, 0.05) is 12.4 Å². The molecule has 1 aromatic heterocycles. The topological polar surface area (TPSA) is 63.8 Å². The first-order chi connectivity index (χ1) is 8.70. The van der Waals surface area contributed by atoms with Gasteiger partial charge in [0.25, 0.3) is 0 Å². The molecule has 4 nitrogen and oxygen atoms in total. The largest absolute Gasteiger partial charge is 0.271 e. The summed E-state index contributed by atoms with van der Waals surface area (Å²) < 4.78 is 13.0. The Balaban J connectivity index is 2.18. The van der Waals surface area contributed by atoms with Crippen molar-refractivity contribution in [2.24, 2.45) is 5.84 Å². The molecule has 0 aliphatic carbocycles. The lowest BCUT2D eigenvalue weighted by atomic mass is 10.1. The summed E-state index contributed by atoms with van der Waals surface area (Å²) in [6.07, 6.45) is 3.81. The minimum absolute atomic E-state index is 0.0947. The van der Waals surface area contributed by atoms with Gasteiger partial charge in [-0.1, -0.05) is 17.7 Å². The van der Waals surface area contributed by atoms with Crippen LogP contribution in [0.5, 0.6) is 0 Å². The summed E-state index contributed by atoms with van der Waals surface area (Å²) in [5.41, 5.74) is 3.50. The molecule has 94 valence electrons. The van der Waals surface area contributed by atoms with Gasteiger partial charge in [-0.2, -0.15) is 0 Å². The van der Waals surface area contributed by atoms with E-state index in [-0.39, 0.29) is 11.1 Å². The van der Waals surface area contributed by atoms with Gasteiger partial charge in [0.15, 0.2) is 0 Å². The Hall–Kier alpha value is -1.56. The first-order valence-electron chi connectivity index (χ1n) is 5.37. The number of hydrazine groups is 1. The molecular formula is C12H12ClFN4. The Bertz CT molecular complexity index is 521. The predicted molar refractivity (Wildman–Crippen MR) is 67.2 cm³/mol. The van der Waals surface area contributed by atoms with E-state index in [0.29, 0.717) is 12.2 Å².